The Morgan fingerprint density at radius 3 is 2.72 bits per heavy atom. The number of carbonyl (C=O) groups excluding carboxylic acids is 1. The average Bonchev–Trinajstić information content (AvgIpc) is 2.63. The Hall–Kier alpha value is -2.34. The van der Waals surface area contributed by atoms with E-state index < -0.39 is 0 Å². The highest BCUT2D eigenvalue weighted by Crippen LogP contribution is 2.32. The largest absolute Gasteiger partial charge is 0.486 e. The fourth-order valence-corrected chi connectivity index (χ4v) is 3.38. The van der Waals surface area contributed by atoms with Crippen LogP contribution in [0.2, 0.25) is 0 Å². The van der Waals surface area contributed by atoms with Gasteiger partial charge in [-0.2, -0.15) is 0 Å². The van der Waals surface area contributed by atoms with Crippen LogP contribution in [0.25, 0.3) is 0 Å². The average molecular weight is 358 g/mol. The summed E-state index contributed by atoms with van der Waals surface area (Å²) < 4.78 is 11.1. The van der Waals surface area contributed by atoms with Gasteiger partial charge >= 0.3 is 6.03 Å². The lowest BCUT2D eigenvalue weighted by Gasteiger charge is -2.21. The van der Waals surface area contributed by atoms with E-state index in [1.807, 2.05) is 49.4 Å². The number of hydrogen-bond acceptors (Lipinski definition) is 4. The van der Waals surface area contributed by atoms with Gasteiger partial charge in [0.2, 0.25) is 0 Å². The maximum atomic E-state index is 12.4. The summed E-state index contributed by atoms with van der Waals surface area (Å²) in [7, 11) is 0. The molecular formula is C19H22N2O3S. The number of anilines is 1. The predicted octanol–water partition coefficient (Wildman–Crippen LogP) is 4.45. The van der Waals surface area contributed by atoms with Gasteiger partial charge in [-0.05, 0) is 42.5 Å². The quantitative estimate of drug-likeness (QED) is 0.775. The van der Waals surface area contributed by atoms with Gasteiger partial charge in [0.05, 0.1) is 11.7 Å². The smallest absolute Gasteiger partial charge is 0.319 e. The van der Waals surface area contributed by atoms with Crippen LogP contribution < -0.4 is 20.1 Å². The molecule has 0 aliphatic carbocycles. The van der Waals surface area contributed by atoms with Crippen molar-refractivity contribution in [2.45, 2.75) is 24.8 Å². The van der Waals surface area contributed by atoms with Gasteiger partial charge in [-0.15, -0.1) is 11.8 Å². The maximum Gasteiger partial charge on any atom is 0.319 e. The highest BCUT2D eigenvalue weighted by Gasteiger charge is 2.16. The Bertz CT molecular complexity index is 751. The monoisotopic (exact) mass is 358 g/mol. The summed E-state index contributed by atoms with van der Waals surface area (Å²) in [5.74, 6) is 2.42. The first-order valence-corrected chi connectivity index (χ1v) is 9.35. The summed E-state index contributed by atoms with van der Waals surface area (Å²) in [6.45, 7) is 5.14. The molecule has 1 unspecified atom stereocenters. The van der Waals surface area contributed by atoms with Crippen molar-refractivity contribution >= 4 is 23.5 Å². The van der Waals surface area contributed by atoms with Gasteiger partial charge in [-0.25, -0.2) is 4.79 Å². The molecule has 132 valence electrons. The number of ether oxygens (including phenoxy) is 2. The molecule has 2 amide bonds. The zero-order chi connectivity index (χ0) is 17.6. The van der Waals surface area contributed by atoms with Crippen LogP contribution >= 0.6 is 11.8 Å². The first kappa shape index (κ1) is 17.5. The first-order valence-electron chi connectivity index (χ1n) is 8.36. The van der Waals surface area contributed by atoms with E-state index in [9.17, 15) is 4.79 Å². The highest BCUT2D eigenvalue weighted by molar-refractivity contribution is 7.99. The summed E-state index contributed by atoms with van der Waals surface area (Å²) in [6.07, 6.45) is 0. The van der Waals surface area contributed by atoms with E-state index >= 15 is 0 Å². The van der Waals surface area contributed by atoms with E-state index in [-0.39, 0.29) is 12.1 Å². The van der Waals surface area contributed by atoms with Crippen molar-refractivity contribution in [1.29, 1.82) is 0 Å². The van der Waals surface area contributed by atoms with Crippen molar-refractivity contribution in [3.8, 4) is 11.5 Å². The minimum Gasteiger partial charge on any atom is -0.486 e. The molecule has 1 aliphatic rings. The molecule has 2 aromatic rings. The zero-order valence-electron chi connectivity index (χ0n) is 14.4. The normalized spacial score (nSPS) is 13.8. The van der Waals surface area contributed by atoms with Gasteiger partial charge in [0.15, 0.2) is 11.5 Å². The van der Waals surface area contributed by atoms with E-state index in [1.165, 1.54) is 0 Å². The number of urea groups is 1. The third kappa shape index (κ3) is 4.39. The predicted molar refractivity (Wildman–Crippen MR) is 101 cm³/mol. The minimum atomic E-state index is -0.230. The lowest BCUT2D eigenvalue weighted by molar-refractivity contribution is 0.171. The molecule has 0 aromatic heterocycles. The number of amides is 2. The van der Waals surface area contributed by atoms with Gasteiger partial charge in [0.25, 0.3) is 0 Å². The molecule has 0 spiro atoms. The highest BCUT2D eigenvalue weighted by atomic mass is 32.2. The lowest BCUT2D eigenvalue weighted by atomic mass is 10.1. The number of nitrogens with one attached hydrogen (secondary N) is 2. The van der Waals surface area contributed by atoms with Crippen LogP contribution in [0, 0.1) is 0 Å². The molecular weight excluding hydrogens is 336 g/mol. The first-order chi connectivity index (χ1) is 12.2. The molecule has 2 N–H and O–H groups in total. The van der Waals surface area contributed by atoms with Crippen LogP contribution in [-0.4, -0.2) is 25.0 Å². The standard InChI is InChI=1S/C19H22N2O3S/c1-3-25-18-7-5-4-6-15(18)21-19(22)20-13(2)14-8-9-16-17(12-14)24-11-10-23-16/h4-9,12-13H,3,10-11H2,1-2H3,(H2,20,21,22). The number of hydrogen-bond donors (Lipinski definition) is 2. The Morgan fingerprint density at radius 1 is 1.16 bits per heavy atom. The van der Waals surface area contributed by atoms with Crippen molar-refractivity contribution < 1.29 is 14.3 Å². The molecule has 6 heteroatoms. The summed E-state index contributed by atoms with van der Waals surface area (Å²) >= 11 is 1.70. The number of thioether (sulfide) groups is 1. The molecule has 0 saturated carbocycles. The van der Waals surface area contributed by atoms with E-state index in [2.05, 4.69) is 17.6 Å². The molecule has 25 heavy (non-hydrogen) atoms. The van der Waals surface area contributed by atoms with E-state index in [0.717, 1.165) is 33.4 Å². The van der Waals surface area contributed by atoms with Crippen LogP contribution in [0.4, 0.5) is 10.5 Å². The fraction of sp³-hybridized carbons (Fsp3) is 0.316. The molecule has 1 heterocycles. The van der Waals surface area contributed by atoms with Crippen LogP contribution in [0.1, 0.15) is 25.5 Å². The molecule has 0 bridgehead atoms. The zero-order valence-corrected chi connectivity index (χ0v) is 15.2. The topological polar surface area (TPSA) is 59.6 Å². The van der Waals surface area contributed by atoms with Gasteiger partial charge < -0.3 is 20.1 Å². The second kappa shape index (κ2) is 8.16. The fourth-order valence-electron chi connectivity index (χ4n) is 2.62. The van der Waals surface area contributed by atoms with Crippen LogP contribution in [-0.2, 0) is 0 Å². The van der Waals surface area contributed by atoms with Crippen LogP contribution in [0.3, 0.4) is 0 Å². The Morgan fingerprint density at radius 2 is 1.92 bits per heavy atom. The Balaban J connectivity index is 1.65. The Kier molecular flexibility index (Phi) is 5.71. The Labute approximate surface area is 152 Å². The van der Waals surface area contributed by atoms with Gasteiger partial charge in [0, 0.05) is 4.90 Å². The van der Waals surface area contributed by atoms with Gasteiger partial charge in [0.1, 0.15) is 13.2 Å². The molecule has 0 saturated heterocycles. The SMILES string of the molecule is CCSc1ccccc1NC(=O)NC(C)c1ccc2c(c1)OCCO2. The summed E-state index contributed by atoms with van der Waals surface area (Å²) in [4.78, 5) is 13.4. The van der Waals surface area contributed by atoms with Crippen molar-refractivity contribution in [3.63, 3.8) is 0 Å². The molecule has 2 aromatic carbocycles. The second-order valence-corrected chi connectivity index (χ2v) is 6.96. The number of carbonyl (C=O) groups is 1. The third-order valence-corrected chi connectivity index (χ3v) is 4.80. The van der Waals surface area contributed by atoms with Crippen LogP contribution in [0.15, 0.2) is 47.4 Å². The van der Waals surface area contributed by atoms with Gasteiger partial charge in [-0.1, -0.05) is 25.1 Å². The van der Waals surface area contributed by atoms with Crippen molar-refractivity contribution in [2.75, 3.05) is 24.3 Å². The van der Waals surface area contributed by atoms with Crippen LogP contribution in [0.5, 0.6) is 11.5 Å². The van der Waals surface area contributed by atoms with E-state index in [0.29, 0.717) is 13.2 Å². The van der Waals surface area contributed by atoms with E-state index in [1.54, 1.807) is 11.8 Å². The van der Waals surface area contributed by atoms with E-state index in [4.69, 9.17) is 9.47 Å². The number of benzene rings is 2. The number of rotatable bonds is 5. The summed E-state index contributed by atoms with van der Waals surface area (Å²) in [6, 6.07) is 13.2. The summed E-state index contributed by atoms with van der Waals surface area (Å²) in [5.41, 5.74) is 1.79. The third-order valence-electron chi connectivity index (χ3n) is 3.85. The maximum absolute atomic E-state index is 12.4. The molecule has 5 nitrogen and oxygen atoms in total. The lowest BCUT2D eigenvalue weighted by Crippen LogP contribution is -2.31. The molecule has 1 atom stereocenters. The molecule has 1 aliphatic heterocycles. The number of para-hydroxylation sites is 1. The van der Waals surface area contributed by atoms with Gasteiger partial charge in [-0.3, -0.25) is 0 Å². The summed E-state index contributed by atoms with van der Waals surface area (Å²) in [5, 5.41) is 5.90. The van der Waals surface area contributed by atoms with Crippen molar-refractivity contribution in [1.82, 2.24) is 5.32 Å². The minimum absolute atomic E-state index is 0.151. The number of fused-ring (bicyclic) bond motifs is 1. The molecule has 0 radical (unpaired) electrons. The second-order valence-electron chi connectivity index (χ2n) is 5.65. The molecule has 3 rings (SSSR count). The van der Waals surface area contributed by atoms with Crippen molar-refractivity contribution in [2.24, 2.45) is 0 Å². The van der Waals surface area contributed by atoms with Crippen molar-refractivity contribution in [3.05, 3.63) is 48.0 Å². The molecule has 0 fully saturated rings.